The Morgan fingerprint density at radius 3 is 2.65 bits per heavy atom. The fraction of sp³-hybridized carbons (Fsp3) is 0.286. The first-order chi connectivity index (χ1) is 9.40. The fourth-order valence-electron chi connectivity index (χ4n) is 1.86. The maximum Gasteiger partial charge on any atom is 0.175 e. The molecule has 1 N–H and O–H groups in total. The summed E-state index contributed by atoms with van der Waals surface area (Å²) in [6.07, 6.45) is 5.23. The largest absolute Gasteiger partial charge is 0.380 e. The molecule has 4 nitrogen and oxygen atoms in total. The minimum Gasteiger partial charge on any atom is -0.380 e. The molecule has 20 heavy (non-hydrogen) atoms. The molecule has 0 aliphatic rings. The van der Waals surface area contributed by atoms with E-state index in [0.29, 0.717) is 17.3 Å². The van der Waals surface area contributed by atoms with Crippen LogP contribution in [0.1, 0.15) is 12.5 Å². The summed E-state index contributed by atoms with van der Waals surface area (Å²) in [7, 11) is -3.23. The van der Waals surface area contributed by atoms with Crippen LogP contribution in [0.4, 0.5) is 5.69 Å². The van der Waals surface area contributed by atoms with Gasteiger partial charge in [-0.25, -0.2) is 8.42 Å². The Labute approximate surface area is 124 Å². The molecule has 108 valence electrons. The topological polar surface area (TPSA) is 51.1 Å². The van der Waals surface area contributed by atoms with Gasteiger partial charge in [-0.05, 0) is 36.8 Å². The Kier molecular flexibility index (Phi) is 4.40. The highest BCUT2D eigenvalue weighted by Crippen LogP contribution is 2.25. The van der Waals surface area contributed by atoms with Crippen molar-refractivity contribution in [3.05, 3.63) is 47.2 Å². The van der Waals surface area contributed by atoms with Gasteiger partial charge < -0.3 is 9.88 Å². The van der Waals surface area contributed by atoms with Crippen molar-refractivity contribution in [1.29, 1.82) is 0 Å². The zero-order valence-electron chi connectivity index (χ0n) is 11.4. The molecule has 0 bridgehead atoms. The van der Waals surface area contributed by atoms with E-state index in [1.54, 1.807) is 12.1 Å². The molecule has 0 aliphatic carbocycles. The van der Waals surface area contributed by atoms with Crippen molar-refractivity contribution < 1.29 is 8.42 Å². The first kappa shape index (κ1) is 14.9. The Morgan fingerprint density at radius 1 is 1.30 bits per heavy atom. The summed E-state index contributed by atoms with van der Waals surface area (Å²) in [5.74, 6) is 0. The number of benzene rings is 1. The molecule has 6 heteroatoms. The van der Waals surface area contributed by atoms with Crippen LogP contribution in [-0.4, -0.2) is 19.2 Å². The predicted molar refractivity (Wildman–Crippen MR) is 82.0 cm³/mol. The summed E-state index contributed by atoms with van der Waals surface area (Å²) in [4.78, 5) is 0.260. The average Bonchev–Trinajstić information content (AvgIpc) is 2.84. The van der Waals surface area contributed by atoms with E-state index in [-0.39, 0.29) is 4.90 Å². The molecule has 1 heterocycles. The zero-order chi connectivity index (χ0) is 14.8. The number of nitrogens with one attached hydrogen (secondary N) is 1. The van der Waals surface area contributed by atoms with E-state index in [1.165, 1.54) is 12.3 Å². The maximum absolute atomic E-state index is 11.5. The molecule has 0 aliphatic heterocycles. The molecule has 2 rings (SSSR count). The van der Waals surface area contributed by atoms with Crippen LogP contribution in [0.5, 0.6) is 0 Å². The van der Waals surface area contributed by atoms with Crippen LogP contribution < -0.4 is 5.32 Å². The van der Waals surface area contributed by atoms with Crippen LogP contribution in [0.15, 0.2) is 41.6 Å². The lowest BCUT2D eigenvalue weighted by molar-refractivity contribution is 0.602. The zero-order valence-corrected chi connectivity index (χ0v) is 13.0. The first-order valence-corrected chi connectivity index (χ1v) is 8.55. The minimum atomic E-state index is -3.23. The van der Waals surface area contributed by atoms with E-state index >= 15 is 0 Å². The van der Waals surface area contributed by atoms with E-state index in [1.807, 2.05) is 18.5 Å². The molecule has 0 fully saturated rings. The number of sulfone groups is 1. The normalized spacial score (nSPS) is 11.6. The van der Waals surface area contributed by atoms with Crippen molar-refractivity contribution in [2.45, 2.75) is 24.9 Å². The highest BCUT2D eigenvalue weighted by molar-refractivity contribution is 7.90. The van der Waals surface area contributed by atoms with Crippen molar-refractivity contribution >= 4 is 27.1 Å². The van der Waals surface area contributed by atoms with Gasteiger partial charge in [0.15, 0.2) is 9.84 Å². The summed E-state index contributed by atoms with van der Waals surface area (Å²) in [6, 6.07) is 6.69. The standard InChI is InChI=1S/C14H17ClN2O2S/c1-3-17-7-6-11(10-17)9-16-14-8-12(20(2,18)19)4-5-13(14)15/h4-8,10,16H,3,9H2,1-2H3. The Hall–Kier alpha value is -1.46. The monoisotopic (exact) mass is 312 g/mol. The first-order valence-electron chi connectivity index (χ1n) is 6.28. The molecule has 0 amide bonds. The molecule has 0 spiro atoms. The Morgan fingerprint density at radius 2 is 2.05 bits per heavy atom. The number of hydrogen-bond acceptors (Lipinski definition) is 3. The summed E-state index contributed by atoms with van der Waals surface area (Å²) >= 11 is 6.08. The number of anilines is 1. The van der Waals surface area contributed by atoms with Gasteiger partial charge in [0.25, 0.3) is 0 Å². The van der Waals surface area contributed by atoms with Gasteiger partial charge in [0.1, 0.15) is 0 Å². The smallest absolute Gasteiger partial charge is 0.175 e. The van der Waals surface area contributed by atoms with Gasteiger partial charge in [-0.3, -0.25) is 0 Å². The van der Waals surface area contributed by atoms with Crippen LogP contribution in [0.3, 0.4) is 0 Å². The highest BCUT2D eigenvalue weighted by atomic mass is 35.5. The van der Waals surface area contributed by atoms with Crippen LogP contribution in [0.25, 0.3) is 0 Å². The molecule has 1 aromatic carbocycles. The second-order valence-corrected chi connectivity index (χ2v) is 7.04. The number of halogens is 1. The molecule has 0 unspecified atom stereocenters. The second kappa shape index (κ2) is 5.89. The molecule has 1 aromatic heterocycles. The second-order valence-electron chi connectivity index (χ2n) is 4.62. The number of aryl methyl sites for hydroxylation is 1. The van der Waals surface area contributed by atoms with Crippen molar-refractivity contribution in [2.24, 2.45) is 0 Å². The fourth-order valence-corrected chi connectivity index (χ4v) is 2.69. The number of hydrogen-bond donors (Lipinski definition) is 1. The minimum absolute atomic E-state index is 0.260. The molecule has 0 saturated carbocycles. The molecule has 2 aromatic rings. The van der Waals surface area contributed by atoms with Crippen LogP contribution in [-0.2, 0) is 22.9 Å². The lowest BCUT2D eigenvalue weighted by Gasteiger charge is -2.09. The van der Waals surface area contributed by atoms with E-state index in [2.05, 4.69) is 16.8 Å². The SMILES string of the molecule is CCn1ccc(CNc2cc(S(C)(=O)=O)ccc2Cl)c1. The third kappa shape index (κ3) is 3.55. The predicted octanol–water partition coefficient (Wildman–Crippen LogP) is 3.18. The number of nitrogens with zero attached hydrogens (tertiary/aromatic N) is 1. The molecule has 0 saturated heterocycles. The third-order valence-electron chi connectivity index (χ3n) is 3.03. The van der Waals surface area contributed by atoms with E-state index in [0.717, 1.165) is 12.1 Å². The Balaban J connectivity index is 2.16. The van der Waals surface area contributed by atoms with E-state index in [9.17, 15) is 8.42 Å². The molecular weight excluding hydrogens is 296 g/mol. The molecule has 0 radical (unpaired) electrons. The maximum atomic E-state index is 11.5. The van der Waals surface area contributed by atoms with Crippen molar-refractivity contribution in [1.82, 2.24) is 4.57 Å². The lowest BCUT2D eigenvalue weighted by atomic mass is 10.3. The lowest BCUT2D eigenvalue weighted by Crippen LogP contribution is -2.02. The van der Waals surface area contributed by atoms with Crippen molar-refractivity contribution in [3.8, 4) is 0 Å². The van der Waals surface area contributed by atoms with Gasteiger partial charge >= 0.3 is 0 Å². The van der Waals surface area contributed by atoms with Gasteiger partial charge in [-0.15, -0.1) is 0 Å². The third-order valence-corrected chi connectivity index (χ3v) is 4.47. The van der Waals surface area contributed by atoms with Gasteiger partial charge in [-0.1, -0.05) is 11.6 Å². The van der Waals surface area contributed by atoms with Crippen LogP contribution >= 0.6 is 11.6 Å². The van der Waals surface area contributed by atoms with E-state index < -0.39 is 9.84 Å². The van der Waals surface area contributed by atoms with Gasteiger partial charge in [-0.2, -0.15) is 0 Å². The van der Waals surface area contributed by atoms with Crippen molar-refractivity contribution in [2.75, 3.05) is 11.6 Å². The van der Waals surface area contributed by atoms with E-state index in [4.69, 9.17) is 11.6 Å². The van der Waals surface area contributed by atoms with Crippen LogP contribution in [0, 0.1) is 0 Å². The number of rotatable bonds is 5. The van der Waals surface area contributed by atoms with Gasteiger partial charge in [0.05, 0.1) is 15.6 Å². The summed E-state index contributed by atoms with van der Waals surface area (Å²) in [6.45, 7) is 3.59. The van der Waals surface area contributed by atoms with Gasteiger partial charge in [0, 0.05) is 31.7 Å². The van der Waals surface area contributed by atoms with Crippen LogP contribution in [0.2, 0.25) is 5.02 Å². The quantitative estimate of drug-likeness (QED) is 0.922. The molecule has 0 atom stereocenters. The Bertz CT molecular complexity index is 708. The van der Waals surface area contributed by atoms with Gasteiger partial charge in [0.2, 0.25) is 0 Å². The summed E-state index contributed by atoms with van der Waals surface area (Å²) in [5, 5.41) is 3.68. The highest BCUT2D eigenvalue weighted by Gasteiger charge is 2.10. The van der Waals surface area contributed by atoms with Crippen molar-refractivity contribution in [3.63, 3.8) is 0 Å². The summed E-state index contributed by atoms with van der Waals surface area (Å²) in [5.41, 5.74) is 1.74. The average molecular weight is 313 g/mol. The number of aromatic nitrogens is 1. The molecular formula is C14H17ClN2O2S. The summed E-state index contributed by atoms with van der Waals surface area (Å²) < 4.78 is 25.2.